The molecule has 0 aliphatic heterocycles. The molecule has 18 heavy (non-hydrogen) atoms. The van der Waals surface area contributed by atoms with Crippen molar-refractivity contribution in [2.24, 2.45) is 0 Å². The molecule has 3 rings (SSSR count). The van der Waals surface area contributed by atoms with E-state index in [1.54, 1.807) is 11.3 Å². The normalized spacial score (nSPS) is 11.4. The number of hydrogen-bond donors (Lipinski definition) is 1. The average molecular weight is 262 g/mol. The Kier molecular flexibility index (Phi) is 2.89. The highest BCUT2D eigenvalue weighted by atomic mass is 32.1. The van der Waals surface area contributed by atoms with Crippen molar-refractivity contribution >= 4 is 16.3 Å². The van der Waals surface area contributed by atoms with Crippen LogP contribution in [0.3, 0.4) is 0 Å². The van der Waals surface area contributed by atoms with Crippen LogP contribution < -0.4 is 5.32 Å². The van der Waals surface area contributed by atoms with Crippen LogP contribution in [0.4, 0.5) is 0 Å². The summed E-state index contributed by atoms with van der Waals surface area (Å²) in [6.45, 7) is 5.41. The van der Waals surface area contributed by atoms with Crippen molar-refractivity contribution in [2.45, 2.75) is 26.9 Å². The largest absolute Gasteiger partial charge is 0.361 e. The number of nitrogens with zero attached hydrogens (tertiary/aromatic N) is 3. The van der Waals surface area contributed by atoms with Gasteiger partial charge in [-0.25, -0.2) is 4.98 Å². The highest BCUT2D eigenvalue weighted by molar-refractivity contribution is 7.15. The van der Waals surface area contributed by atoms with E-state index in [9.17, 15) is 0 Å². The highest BCUT2D eigenvalue weighted by Crippen LogP contribution is 2.16. The molecule has 5 nitrogen and oxygen atoms in total. The predicted octanol–water partition coefficient (Wildman–Crippen LogP) is 2.29. The maximum absolute atomic E-state index is 5.03. The van der Waals surface area contributed by atoms with Gasteiger partial charge in [0.25, 0.3) is 0 Å². The van der Waals surface area contributed by atoms with Crippen LogP contribution in [-0.2, 0) is 13.1 Å². The quantitative estimate of drug-likeness (QED) is 0.783. The van der Waals surface area contributed by atoms with E-state index in [-0.39, 0.29) is 0 Å². The zero-order valence-electron chi connectivity index (χ0n) is 10.3. The number of nitrogens with one attached hydrogen (secondary N) is 1. The highest BCUT2D eigenvalue weighted by Gasteiger charge is 2.09. The third-order valence-electron chi connectivity index (χ3n) is 2.84. The van der Waals surface area contributed by atoms with Gasteiger partial charge in [0.15, 0.2) is 4.96 Å². The Morgan fingerprint density at radius 3 is 3.06 bits per heavy atom. The monoisotopic (exact) mass is 262 g/mol. The van der Waals surface area contributed by atoms with E-state index >= 15 is 0 Å². The SMILES string of the molecule is Cc1cc(CNCc2c(C)nc3sccn23)no1. The number of aromatic nitrogens is 3. The number of aryl methyl sites for hydroxylation is 2. The van der Waals surface area contributed by atoms with E-state index in [0.717, 1.165) is 28.7 Å². The van der Waals surface area contributed by atoms with Gasteiger partial charge < -0.3 is 9.84 Å². The number of imidazole rings is 1. The van der Waals surface area contributed by atoms with Gasteiger partial charge in [0.2, 0.25) is 0 Å². The van der Waals surface area contributed by atoms with Gasteiger partial charge in [-0.15, -0.1) is 11.3 Å². The summed E-state index contributed by atoms with van der Waals surface area (Å²) < 4.78 is 7.15. The zero-order valence-corrected chi connectivity index (χ0v) is 11.1. The van der Waals surface area contributed by atoms with Crippen molar-refractivity contribution < 1.29 is 4.52 Å². The Morgan fingerprint density at radius 2 is 2.28 bits per heavy atom. The van der Waals surface area contributed by atoms with Crippen LogP contribution >= 0.6 is 11.3 Å². The first-order valence-corrected chi connectivity index (χ1v) is 6.66. The maximum atomic E-state index is 5.03. The van der Waals surface area contributed by atoms with Crippen LogP contribution in [0.2, 0.25) is 0 Å². The van der Waals surface area contributed by atoms with Crippen molar-refractivity contribution in [3.63, 3.8) is 0 Å². The Bertz CT molecular complexity index is 667. The minimum atomic E-state index is 0.703. The standard InChI is InChI=1S/C12H14N4OS/c1-8-5-10(15-17-8)6-13-7-11-9(2)14-12-16(11)3-4-18-12/h3-5,13H,6-7H2,1-2H3. The van der Waals surface area contributed by atoms with Gasteiger partial charge in [-0.1, -0.05) is 5.16 Å². The van der Waals surface area contributed by atoms with Crippen LogP contribution in [0.1, 0.15) is 22.8 Å². The molecule has 0 saturated heterocycles. The van der Waals surface area contributed by atoms with Gasteiger partial charge in [-0.2, -0.15) is 0 Å². The van der Waals surface area contributed by atoms with E-state index in [2.05, 4.69) is 26.1 Å². The smallest absolute Gasteiger partial charge is 0.194 e. The van der Waals surface area contributed by atoms with Crippen LogP contribution in [0.25, 0.3) is 4.96 Å². The number of thiazole rings is 1. The van der Waals surface area contributed by atoms with Crippen molar-refractivity contribution in [2.75, 3.05) is 0 Å². The molecule has 3 aromatic rings. The molecule has 0 amide bonds. The molecule has 0 aromatic carbocycles. The summed E-state index contributed by atoms with van der Waals surface area (Å²) in [5, 5.41) is 9.36. The molecule has 3 aromatic heterocycles. The summed E-state index contributed by atoms with van der Waals surface area (Å²) in [6, 6.07) is 1.94. The van der Waals surface area contributed by atoms with E-state index in [1.807, 2.05) is 25.3 Å². The molecular formula is C12H14N4OS. The molecule has 0 bridgehead atoms. The molecule has 0 aliphatic carbocycles. The zero-order chi connectivity index (χ0) is 12.5. The summed E-state index contributed by atoms with van der Waals surface area (Å²) in [4.78, 5) is 5.55. The lowest BCUT2D eigenvalue weighted by atomic mass is 10.3. The lowest BCUT2D eigenvalue weighted by Crippen LogP contribution is -2.14. The Labute approximate surface area is 108 Å². The van der Waals surface area contributed by atoms with E-state index < -0.39 is 0 Å². The fraction of sp³-hybridized carbons (Fsp3) is 0.333. The first-order valence-electron chi connectivity index (χ1n) is 5.78. The van der Waals surface area contributed by atoms with Crippen molar-refractivity contribution in [1.82, 2.24) is 19.9 Å². The molecule has 0 radical (unpaired) electrons. The van der Waals surface area contributed by atoms with Gasteiger partial charge in [0.1, 0.15) is 5.76 Å². The predicted molar refractivity (Wildman–Crippen MR) is 69.6 cm³/mol. The fourth-order valence-electron chi connectivity index (χ4n) is 1.96. The summed E-state index contributed by atoms with van der Waals surface area (Å²) in [5.74, 6) is 0.840. The second kappa shape index (κ2) is 4.55. The lowest BCUT2D eigenvalue weighted by molar-refractivity contribution is 0.388. The lowest BCUT2D eigenvalue weighted by Gasteiger charge is -2.02. The van der Waals surface area contributed by atoms with Crippen molar-refractivity contribution in [1.29, 1.82) is 0 Å². The third-order valence-corrected chi connectivity index (χ3v) is 3.59. The van der Waals surface area contributed by atoms with Gasteiger partial charge in [0, 0.05) is 30.7 Å². The second-order valence-electron chi connectivity index (χ2n) is 4.23. The molecule has 94 valence electrons. The molecule has 0 aliphatic rings. The molecule has 0 spiro atoms. The van der Waals surface area contributed by atoms with E-state index in [4.69, 9.17) is 4.52 Å². The molecule has 0 atom stereocenters. The molecule has 0 unspecified atom stereocenters. The van der Waals surface area contributed by atoms with E-state index in [0.29, 0.717) is 6.54 Å². The number of hydrogen-bond acceptors (Lipinski definition) is 5. The fourth-order valence-corrected chi connectivity index (χ4v) is 2.74. The van der Waals surface area contributed by atoms with Crippen molar-refractivity contribution in [3.05, 3.63) is 40.5 Å². The molecule has 3 heterocycles. The third kappa shape index (κ3) is 2.04. The minimum absolute atomic E-state index is 0.703. The van der Waals surface area contributed by atoms with Gasteiger partial charge in [-0.05, 0) is 13.8 Å². The Morgan fingerprint density at radius 1 is 1.39 bits per heavy atom. The number of rotatable bonds is 4. The molecule has 6 heteroatoms. The molecule has 0 fully saturated rings. The minimum Gasteiger partial charge on any atom is -0.361 e. The summed E-state index contributed by atoms with van der Waals surface area (Å²) in [6.07, 6.45) is 2.05. The number of fused-ring (bicyclic) bond motifs is 1. The molecule has 0 saturated carbocycles. The summed E-state index contributed by atoms with van der Waals surface area (Å²) >= 11 is 1.65. The summed E-state index contributed by atoms with van der Waals surface area (Å²) in [7, 11) is 0. The topological polar surface area (TPSA) is 55.4 Å². The van der Waals surface area contributed by atoms with Crippen LogP contribution in [0.5, 0.6) is 0 Å². The van der Waals surface area contributed by atoms with Crippen LogP contribution in [-0.4, -0.2) is 14.5 Å². The second-order valence-corrected chi connectivity index (χ2v) is 5.10. The average Bonchev–Trinajstić information content (AvgIpc) is 2.99. The maximum Gasteiger partial charge on any atom is 0.194 e. The van der Waals surface area contributed by atoms with Gasteiger partial charge in [-0.3, -0.25) is 4.40 Å². The van der Waals surface area contributed by atoms with Gasteiger partial charge >= 0.3 is 0 Å². The molecular weight excluding hydrogens is 248 g/mol. The van der Waals surface area contributed by atoms with Crippen LogP contribution in [0, 0.1) is 13.8 Å². The van der Waals surface area contributed by atoms with Crippen LogP contribution in [0.15, 0.2) is 22.2 Å². The Hall–Kier alpha value is -1.66. The molecule has 1 N–H and O–H groups in total. The Balaban J connectivity index is 1.69. The first-order chi connectivity index (χ1) is 8.74. The summed E-state index contributed by atoms with van der Waals surface area (Å²) in [5.41, 5.74) is 3.20. The first kappa shape index (κ1) is 11.4. The van der Waals surface area contributed by atoms with Gasteiger partial charge in [0.05, 0.1) is 17.1 Å². The van der Waals surface area contributed by atoms with E-state index in [1.165, 1.54) is 5.69 Å². The van der Waals surface area contributed by atoms with Crippen molar-refractivity contribution in [3.8, 4) is 0 Å².